The summed E-state index contributed by atoms with van der Waals surface area (Å²) in [7, 11) is 0. The highest BCUT2D eigenvalue weighted by Crippen LogP contribution is 2.23. The summed E-state index contributed by atoms with van der Waals surface area (Å²) >= 11 is 0. The average Bonchev–Trinajstić information content (AvgIpc) is 2.86. The van der Waals surface area contributed by atoms with Crippen LogP contribution >= 0.6 is 0 Å². The first-order chi connectivity index (χ1) is 16.5. The van der Waals surface area contributed by atoms with E-state index in [1.807, 2.05) is 55.5 Å². The van der Waals surface area contributed by atoms with Crippen LogP contribution in [0.2, 0.25) is 0 Å². The highest BCUT2D eigenvalue weighted by Gasteiger charge is 2.14. The Hall–Kier alpha value is -4.52. The summed E-state index contributed by atoms with van der Waals surface area (Å²) in [5, 5.41) is 13.7. The van der Waals surface area contributed by atoms with Crippen LogP contribution in [0.5, 0.6) is 0 Å². The molecule has 4 rings (SSSR count). The van der Waals surface area contributed by atoms with E-state index in [2.05, 4.69) is 34.5 Å². The molecule has 0 aliphatic rings. The molecule has 0 fully saturated rings. The molecule has 0 unspecified atom stereocenters. The molecule has 0 bridgehead atoms. The Balaban J connectivity index is 1.54. The van der Waals surface area contributed by atoms with Crippen molar-refractivity contribution in [3.63, 3.8) is 0 Å². The Morgan fingerprint density at radius 3 is 1.91 bits per heavy atom. The molecule has 1 amide bonds. The number of benzene rings is 3. The highest BCUT2D eigenvalue weighted by atomic mass is 16.6. The van der Waals surface area contributed by atoms with Gasteiger partial charge in [-0.15, -0.1) is 0 Å². The van der Waals surface area contributed by atoms with Crippen LogP contribution in [0.1, 0.15) is 27.2 Å². The zero-order valence-corrected chi connectivity index (χ0v) is 18.7. The molecule has 34 heavy (non-hydrogen) atoms. The number of nitrogens with one attached hydrogen (secondary N) is 1. The molecule has 4 aromatic rings. The maximum Gasteiger partial charge on any atom is 0.269 e. The second-order valence-electron chi connectivity index (χ2n) is 7.89. The molecule has 0 saturated heterocycles. The third-order valence-electron chi connectivity index (χ3n) is 5.42. The number of aromatic nitrogens is 1. The lowest BCUT2D eigenvalue weighted by Gasteiger charge is -2.25. The summed E-state index contributed by atoms with van der Waals surface area (Å²) in [5.41, 5.74) is 3.90. The summed E-state index contributed by atoms with van der Waals surface area (Å²) in [6, 6.07) is 29.6. The molecule has 7 nitrogen and oxygen atoms in total. The van der Waals surface area contributed by atoms with Crippen molar-refractivity contribution >= 4 is 23.1 Å². The number of nitro groups is 1. The Morgan fingerprint density at radius 1 is 0.853 bits per heavy atom. The van der Waals surface area contributed by atoms with E-state index >= 15 is 0 Å². The number of amides is 1. The lowest BCUT2D eigenvalue weighted by Crippen LogP contribution is -2.23. The van der Waals surface area contributed by atoms with Gasteiger partial charge in [0.25, 0.3) is 11.6 Å². The van der Waals surface area contributed by atoms with Crippen molar-refractivity contribution in [3.8, 4) is 0 Å². The SMILES string of the molecule is Cc1nc(N(Cc2ccccc2)Cc2ccccc2)ccc1NC(=O)c1ccc([N+](=O)[O-])cc1. The largest absolute Gasteiger partial charge is 0.348 e. The maximum atomic E-state index is 12.6. The lowest BCUT2D eigenvalue weighted by molar-refractivity contribution is -0.384. The Kier molecular flexibility index (Phi) is 6.93. The number of anilines is 2. The molecule has 1 N–H and O–H groups in total. The van der Waals surface area contributed by atoms with E-state index < -0.39 is 4.92 Å². The normalized spacial score (nSPS) is 10.5. The number of pyridine rings is 1. The number of nitrogens with zero attached hydrogens (tertiary/aromatic N) is 3. The van der Waals surface area contributed by atoms with E-state index in [9.17, 15) is 14.9 Å². The Labute approximate surface area is 197 Å². The van der Waals surface area contributed by atoms with Crippen molar-refractivity contribution in [2.24, 2.45) is 0 Å². The van der Waals surface area contributed by atoms with Gasteiger partial charge >= 0.3 is 0 Å². The van der Waals surface area contributed by atoms with Crippen LogP contribution < -0.4 is 10.2 Å². The fourth-order valence-electron chi connectivity index (χ4n) is 3.61. The fourth-order valence-corrected chi connectivity index (χ4v) is 3.61. The minimum atomic E-state index is -0.495. The summed E-state index contributed by atoms with van der Waals surface area (Å²) in [6.07, 6.45) is 0. The van der Waals surface area contributed by atoms with E-state index in [-0.39, 0.29) is 11.6 Å². The van der Waals surface area contributed by atoms with Crippen molar-refractivity contribution < 1.29 is 9.72 Å². The van der Waals surface area contributed by atoms with Crippen LogP contribution in [0.3, 0.4) is 0 Å². The second-order valence-corrected chi connectivity index (χ2v) is 7.89. The van der Waals surface area contributed by atoms with Crippen LogP contribution in [0.4, 0.5) is 17.2 Å². The minimum Gasteiger partial charge on any atom is -0.348 e. The van der Waals surface area contributed by atoms with Gasteiger partial charge in [0, 0.05) is 30.8 Å². The summed E-state index contributed by atoms with van der Waals surface area (Å²) in [4.78, 5) is 29.9. The van der Waals surface area contributed by atoms with Crippen molar-refractivity contribution in [3.05, 3.63) is 130 Å². The first-order valence-corrected chi connectivity index (χ1v) is 10.9. The first-order valence-electron chi connectivity index (χ1n) is 10.9. The molecule has 3 aromatic carbocycles. The number of aryl methyl sites for hydroxylation is 1. The average molecular weight is 453 g/mol. The number of hydrogen-bond acceptors (Lipinski definition) is 5. The van der Waals surface area contributed by atoms with Gasteiger partial charge in [-0.25, -0.2) is 4.98 Å². The van der Waals surface area contributed by atoms with E-state index in [4.69, 9.17) is 4.98 Å². The van der Waals surface area contributed by atoms with Gasteiger partial charge in [0.05, 0.1) is 16.3 Å². The summed E-state index contributed by atoms with van der Waals surface area (Å²) < 4.78 is 0. The molecule has 0 aliphatic carbocycles. The van der Waals surface area contributed by atoms with Gasteiger partial charge in [-0.05, 0) is 42.3 Å². The molecule has 1 aromatic heterocycles. The maximum absolute atomic E-state index is 12.6. The number of rotatable bonds is 8. The first kappa shape index (κ1) is 22.7. The van der Waals surface area contributed by atoms with Crippen molar-refractivity contribution in [1.29, 1.82) is 0 Å². The van der Waals surface area contributed by atoms with Crippen molar-refractivity contribution in [2.75, 3.05) is 10.2 Å². The van der Waals surface area contributed by atoms with Crippen LogP contribution in [-0.4, -0.2) is 15.8 Å². The molecule has 0 saturated carbocycles. The van der Waals surface area contributed by atoms with Gasteiger partial charge in [0.1, 0.15) is 5.82 Å². The quantitative estimate of drug-likeness (QED) is 0.271. The van der Waals surface area contributed by atoms with Gasteiger partial charge in [0.15, 0.2) is 0 Å². The molecule has 0 aliphatic heterocycles. The Bertz CT molecular complexity index is 1240. The summed E-state index contributed by atoms with van der Waals surface area (Å²) in [6.45, 7) is 3.23. The smallest absolute Gasteiger partial charge is 0.269 e. The van der Waals surface area contributed by atoms with Gasteiger partial charge in [-0.1, -0.05) is 60.7 Å². The van der Waals surface area contributed by atoms with Gasteiger partial charge in [-0.3, -0.25) is 14.9 Å². The topological polar surface area (TPSA) is 88.4 Å². The molecule has 0 radical (unpaired) electrons. The standard InChI is InChI=1S/C27H24N4O3/c1-20-25(29-27(32)23-12-14-24(15-13-23)31(33)34)16-17-26(28-20)30(18-21-8-4-2-5-9-21)19-22-10-6-3-7-11-22/h2-17H,18-19H2,1H3,(H,29,32). The molecular formula is C27H24N4O3. The zero-order chi connectivity index (χ0) is 23.9. The second kappa shape index (κ2) is 10.4. The Morgan fingerprint density at radius 2 is 1.41 bits per heavy atom. The van der Waals surface area contributed by atoms with E-state index in [0.717, 1.165) is 5.82 Å². The number of carbonyl (C=O) groups excluding carboxylic acids is 1. The van der Waals surface area contributed by atoms with Crippen molar-refractivity contribution in [1.82, 2.24) is 4.98 Å². The predicted octanol–water partition coefficient (Wildman–Crippen LogP) is 5.76. The van der Waals surface area contributed by atoms with Crippen molar-refractivity contribution in [2.45, 2.75) is 20.0 Å². The highest BCUT2D eigenvalue weighted by molar-refractivity contribution is 6.04. The van der Waals surface area contributed by atoms with Crippen LogP contribution in [-0.2, 0) is 13.1 Å². The number of hydrogen-bond donors (Lipinski definition) is 1. The number of non-ortho nitro benzene ring substituents is 1. The summed E-state index contributed by atoms with van der Waals surface area (Å²) in [5.74, 6) is 0.455. The molecular weight excluding hydrogens is 428 g/mol. The fraction of sp³-hybridized carbons (Fsp3) is 0.111. The van der Waals surface area contributed by atoms with Crippen LogP contribution in [0.25, 0.3) is 0 Å². The molecule has 0 atom stereocenters. The molecule has 170 valence electrons. The van der Waals surface area contributed by atoms with E-state index in [0.29, 0.717) is 30.0 Å². The predicted molar refractivity (Wildman–Crippen MR) is 133 cm³/mol. The lowest BCUT2D eigenvalue weighted by atomic mass is 10.1. The molecule has 1 heterocycles. The zero-order valence-electron chi connectivity index (χ0n) is 18.7. The third kappa shape index (κ3) is 5.63. The van der Waals surface area contributed by atoms with E-state index in [1.54, 1.807) is 0 Å². The van der Waals surface area contributed by atoms with Gasteiger partial charge < -0.3 is 10.2 Å². The van der Waals surface area contributed by atoms with Crippen LogP contribution in [0.15, 0.2) is 97.1 Å². The monoisotopic (exact) mass is 452 g/mol. The van der Waals surface area contributed by atoms with Crippen LogP contribution in [0, 0.1) is 17.0 Å². The number of nitro benzene ring substituents is 1. The van der Waals surface area contributed by atoms with Gasteiger partial charge in [0.2, 0.25) is 0 Å². The minimum absolute atomic E-state index is 0.0596. The van der Waals surface area contributed by atoms with Gasteiger partial charge in [-0.2, -0.15) is 0 Å². The number of carbonyl (C=O) groups is 1. The third-order valence-corrected chi connectivity index (χ3v) is 5.42. The van der Waals surface area contributed by atoms with E-state index in [1.165, 1.54) is 35.4 Å². The molecule has 0 spiro atoms. The molecule has 7 heteroatoms.